The van der Waals surface area contributed by atoms with Crippen LogP contribution >= 0.6 is 11.8 Å². The molecule has 4 aromatic rings. The fourth-order valence-electron chi connectivity index (χ4n) is 4.25. The first-order valence-corrected chi connectivity index (χ1v) is 13.3. The van der Waals surface area contributed by atoms with Gasteiger partial charge < -0.3 is 19.9 Å². The van der Waals surface area contributed by atoms with Crippen LogP contribution in [0.3, 0.4) is 0 Å². The Labute approximate surface area is 225 Å². The molecule has 2 N–H and O–H groups in total. The smallest absolute Gasteiger partial charge is 0.257 e. The largest absolute Gasteiger partial charge is 0.392 e. The van der Waals surface area contributed by atoms with Crippen LogP contribution in [0.1, 0.15) is 46.4 Å². The number of anilines is 1. The number of ether oxygens (including phenoxy) is 2. The Morgan fingerprint density at radius 1 is 0.947 bits per heavy atom. The molecule has 38 heavy (non-hydrogen) atoms. The number of amides is 1. The lowest BCUT2D eigenvalue weighted by Crippen LogP contribution is -2.38. The van der Waals surface area contributed by atoms with Crippen molar-refractivity contribution in [3.63, 3.8) is 0 Å². The second-order valence-corrected chi connectivity index (χ2v) is 9.97. The third-order valence-electron chi connectivity index (χ3n) is 6.41. The van der Waals surface area contributed by atoms with E-state index in [0.717, 1.165) is 16.7 Å². The van der Waals surface area contributed by atoms with E-state index >= 15 is 0 Å². The summed E-state index contributed by atoms with van der Waals surface area (Å²) >= 11 is 1.55. The fourth-order valence-corrected chi connectivity index (χ4v) is 5.22. The number of benzene rings is 2. The number of nitrogens with one attached hydrogen (secondary N) is 1. The van der Waals surface area contributed by atoms with Gasteiger partial charge in [-0.25, -0.2) is 9.97 Å². The number of rotatable bonds is 8. The van der Waals surface area contributed by atoms with Gasteiger partial charge in [0.25, 0.3) is 5.91 Å². The van der Waals surface area contributed by atoms with E-state index < -0.39 is 6.29 Å². The van der Waals surface area contributed by atoms with Crippen LogP contribution in [0.4, 0.5) is 5.69 Å². The van der Waals surface area contributed by atoms with Gasteiger partial charge in [-0.2, -0.15) is 0 Å². The SMILES string of the molecule is C[C@@H]1[C@H](CSc2ncccn2)O[C@H](c2ccc(NC(=O)c3cccnc3)cc2)O[C@@H]1c1ccc(CO)cc1. The fraction of sp³-hybridized carbons (Fsp3) is 0.241. The Balaban J connectivity index is 1.34. The molecule has 1 aliphatic rings. The Bertz CT molecular complexity index is 1320. The zero-order valence-corrected chi connectivity index (χ0v) is 21.6. The van der Waals surface area contributed by atoms with E-state index in [9.17, 15) is 9.90 Å². The van der Waals surface area contributed by atoms with Gasteiger partial charge in [0.2, 0.25) is 0 Å². The van der Waals surface area contributed by atoms with E-state index in [4.69, 9.17) is 9.47 Å². The van der Waals surface area contributed by atoms with Gasteiger partial charge in [0.1, 0.15) is 0 Å². The summed E-state index contributed by atoms with van der Waals surface area (Å²) in [6, 6.07) is 20.5. The van der Waals surface area contributed by atoms with E-state index in [2.05, 4.69) is 27.2 Å². The van der Waals surface area contributed by atoms with E-state index in [1.807, 2.05) is 48.5 Å². The molecule has 1 amide bonds. The third kappa shape index (κ3) is 6.25. The predicted molar refractivity (Wildman–Crippen MR) is 144 cm³/mol. The van der Waals surface area contributed by atoms with Gasteiger partial charge >= 0.3 is 0 Å². The van der Waals surface area contributed by atoms with Crippen LogP contribution in [0, 0.1) is 5.92 Å². The molecular formula is C29H28N4O4S. The number of carbonyl (C=O) groups excluding carboxylic acids is 1. The number of pyridine rings is 1. The van der Waals surface area contributed by atoms with Gasteiger partial charge in [-0.05, 0) is 41.5 Å². The average molecular weight is 529 g/mol. The normalized spacial score (nSPS) is 21.1. The maximum Gasteiger partial charge on any atom is 0.257 e. The number of nitrogens with zero attached hydrogens (tertiary/aromatic N) is 3. The van der Waals surface area contributed by atoms with Crippen LogP contribution in [-0.2, 0) is 16.1 Å². The van der Waals surface area contributed by atoms with Gasteiger partial charge in [0, 0.05) is 47.7 Å². The van der Waals surface area contributed by atoms with Crippen LogP contribution < -0.4 is 5.32 Å². The molecule has 1 aliphatic heterocycles. The van der Waals surface area contributed by atoms with Crippen molar-refractivity contribution < 1.29 is 19.4 Å². The molecule has 3 heterocycles. The highest BCUT2D eigenvalue weighted by Gasteiger charge is 2.38. The van der Waals surface area contributed by atoms with Crippen molar-refractivity contribution >= 4 is 23.4 Å². The molecule has 2 aromatic carbocycles. The van der Waals surface area contributed by atoms with E-state index in [1.54, 1.807) is 48.6 Å². The summed E-state index contributed by atoms with van der Waals surface area (Å²) in [5.41, 5.74) is 3.87. The Morgan fingerprint density at radius 2 is 1.68 bits per heavy atom. The number of thioether (sulfide) groups is 1. The minimum atomic E-state index is -0.598. The van der Waals surface area contributed by atoms with E-state index in [1.165, 1.54) is 6.20 Å². The van der Waals surface area contributed by atoms with Gasteiger partial charge in [0.05, 0.1) is 24.4 Å². The maximum atomic E-state index is 12.5. The summed E-state index contributed by atoms with van der Waals surface area (Å²) in [6.45, 7) is 2.11. The van der Waals surface area contributed by atoms with Gasteiger partial charge in [0.15, 0.2) is 11.4 Å². The summed E-state index contributed by atoms with van der Waals surface area (Å²) < 4.78 is 13.0. The summed E-state index contributed by atoms with van der Waals surface area (Å²) in [4.78, 5) is 25.1. The predicted octanol–water partition coefficient (Wildman–Crippen LogP) is 5.20. The molecule has 9 heteroatoms. The summed E-state index contributed by atoms with van der Waals surface area (Å²) in [7, 11) is 0. The van der Waals surface area contributed by atoms with Crippen LogP contribution in [0.15, 0.2) is 96.7 Å². The molecule has 194 valence electrons. The number of carbonyl (C=O) groups is 1. The first-order valence-electron chi connectivity index (χ1n) is 12.3. The van der Waals surface area contributed by atoms with Crippen LogP contribution in [0.2, 0.25) is 0 Å². The van der Waals surface area contributed by atoms with Crippen molar-refractivity contribution in [3.8, 4) is 0 Å². The number of aliphatic hydroxyl groups excluding tert-OH is 1. The number of aliphatic hydroxyl groups is 1. The standard InChI is InChI=1S/C29H28N4O4S/c1-19-25(18-38-29-31-14-3-15-32-29)36-28(37-26(19)21-7-5-20(17-34)6-8-21)22-9-11-24(12-10-22)33-27(35)23-4-2-13-30-16-23/h2-16,19,25-26,28,34H,17-18H2,1H3,(H,33,35)/t19-,25+,26+,28+/m1/s1. The lowest BCUT2D eigenvalue weighted by atomic mass is 9.91. The van der Waals surface area contributed by atoms with Crippen LogP contribution in [-0.4, -0.2) is 37.8 Å². The van der Waals surface area contributed by atoms with Gasteiger partial charge in [-0.15, -0.1) is 0 Å². The number of aromatic nitrogens is 3. The van der Waals surface area contributed by atoms with Crippen LogP contribution in [0.25, 0.3) is 0 Å². The Kier molecular flexibility index (Phi) is 8.40. The van der Waals surface area contributed by atoms with Crippen molar-refractivity contribution in [1.82, 2.24) is 15.0 Å². The van der Waals surface area contributed by atoms with Gasteiger partial charge in [-0.3, -0.25) is 9.78 Å². The number of hydrogen-bond acceptors (Lipinski definition) is 8. The minimum Gasteiger partial charge on any atom is -0.392 e. The number of hydrogen-bond donors (Lipinski definition) is 2. The van der Waals surface area contributed by atoms with Crippen molar-refractivity contribution in [2.75, 3.05) is 11.1 Å². The van der Waals surface area contributed by atoms with Crippen molar-refractivity contribution in [1.29, 1.82) is 0 Å². The summed E-state index contributed by atoms with van der Waals surface area (Å²) in [5, 5.41) is 13.0. The molecule has 0 saturated carbocycles. The molecule has 0 aliphatic carbocycles. The molecule has 4 atom stereocenters. The zero-order valence-electron chi connectivity index (χ0n) is 20.8. The van der Waals surface area contributed by atoms with E-state index in [0.29, 0.717) is 22.2 Å². The zero-order chi connectivity index (χ0) is 26.3. The molecule has 1 fully saturated rings. The molecule has 8 nitrogen and oxygen atoms in total. The highest BCUT2D eigenvalue weighted by atomic mass is 32.2. The van der Waals surface area contributed by atoms with Gasteiger partial charge in [-0.1, -0.05) is 55.1 Å². The van der Waals surface area contributed by atoms with Crippen molar-refractivity contribution in [2.24, 2.45) is 5.92 Å². The second kappa shape index (κ2) is 12.3. The highest BCUT2D eigenvalue weighted by molar-refractivity contribution is 7.99. The average Bonchev–Trinajstić information content (AvgIpc) is 2.98. The molecule has 5 rings (SSSR count). The van der Waals surface area contributed by atoms with Crippen molar-refractivity contribution in [2.45, 2.75) is 37.2 Å². The maximum absolute atomic E-state index is 12.5. The monoisotopic (exact) mass is 528 g/mol. The Morgan fingerprint density at radius 3 is 2.37 bits per heavy atom. The topological polar surface area (TPSA) is 106 Å². The highest BCUT2D eigenvalue weighted by Crippen LogP contribution is 2.42. The molecule has 0 bridgehead atoms. The first kappa shape index (κ1) is 26.0. The molecule has 2 aromatic heterocycles. The summed E-state index contributed by atoms with van der Waals surface area (Å²) in [5.74, 6) is 0.493. The molecule has 1 saturated heterocycles. The second-order valence-electron chi connectivity index (χ2n) is 8.98. The van der Waals surface area contributed by atoms with Crippen LogP contribution in [0.5, 0.6) is 0 Å². The van der Waals surface area contributed by atoms with Crippen molar-refractivity contribution in [3.05, 3.63) is 114 Å². The minimum absolute atomic E-state index is 0.00684. The third-order valence-corrected chi connectivity index (χ3v) is 7.37. The lowest BCUT2D eigenvalue weighted by Gasteiger charge is -2.41. The molecule has 0 unspecified atom stereocenters. The molecule has 0 radical (unpaired) electrons. The van der Waals surface area contributed by atoms with E-state index in [-0.39, 0.29) is 30.6 Å². The lowest BCUT2D eigenvalue weighted by molar-refractivity contribution is -0.268. The summed E-state index contributed by atoms with van der Waals surface area (Å²) in [6.07, 6.45) is 5.67. The first-order chi connectivity index (χ1) is 18.6. The quantitative estimate of drug-likeness (QED) is 0.237. The Hall–Kier alpha value is -3.63. The molecule has 0 spiro atoms. The molecular weight excluding hydrogens is 500 g/mol.